The molecule has 1 aromatic heterocycles. The van der Waals surface area contributed by atoms with E-state index in [1.54, 1.807) is 19.1 Å². The van der Waals surface area contributed by atoms with Crippen LogP contribution in [0.2, 0.25) is 0 Å². The van der Waals surface area contributed by atoms with E-state index in [9.17, 15) is 9.59 Å². The van der Waals surface area contributed by atoms with Gasteiger partial charge in [0.15, 0.2) is 0 Å². The summed E-state index contributed by atoms with van der Waals surface area (Å²) in [6.45, 7) is 3.42. The van der Waals surface area contributed by atoms with E-state index in [2.05, 4.69) is 26.2 Å². The molecule has 1 amide bonds. The average Bonchev–Trinajstić information content (AvgIpc) is 2.49. The number of amides is 1. The third kappa shape index (κ3) is 3.54. The van der Waals surface area contributed by atoms with Crippen LogP contribution < -0.4 is 16.6 Å². The second kappa shape index (κ2) is 6.74. The lowest BCUT2D eigenvalue weighted by atomic mass is 10.2. The number of hydrogen-bond acceptors (Lipinski definition) is 4. The van der Waals surface area contributed by atoms with Crippen molar-refractivity contribution in [3.63, 3.8) is 0 Å². The molecule has 0 atom stereocenters. The highest BCUT2D eigenvalue weighted by atomic mass is 79.9. The average molecular weight is 365 g/mol. The molecule has 0 fully saturated rings. The van der Waals surface area contributed by atoms with Crippen LogP contribution in [0.5, 0.6) is 0 Å². The normalized spacial score (nSPS) is 10.5. The zero-order chi connectivity index (χ0) is 16.3. The molecule has 1 heterocycles. The Kier molecular flexibility index (Phi) is 4.97. The molecule has 0 spiro atoms. The number of anilines is 2. The molecule has 116 valence electrons. The summed E-state index contributed by atoms with van der Waals surface area (Å²) in [7, 11) is 0. The highest BCUT2D eigenvalue weighted by molar-refractivity contribution is 9.10. The maximum absolute atomic E-state index is 12.3. The molecule has 0 aliphatic heterocycles. The first-order valence-electron chi connectivity index (χ1n) is 6.83. The number of hydrogen-bond donors (Lipinski definition) is 2. The summed E-state index contributed by atoms with van der Waals surface area (Å²) in [6.07, 6.45) is 0.622. The second-order valence-electron chi connectivity index (χ2n) is 4.84. The van der Waals surface area contributed by atoms with Gasteiger partial charge < -0.3 is 11.1 Å². The lowest BCUT2D eigenvalue weighted by Crippen LogP contribution is -2.32. The van der Waals surface area contributed by atoms with Gasteiger partial charge in [0.1, 0.15) is 6.54 Å². The van der Waals surface area contributed by atoms with E-state index in [1.165, 1.54) is 4.57 Å². The molecule has 1 aromatic carbocycles. The van der Waals surface area contributed by atoms with Gasteiger partial charge in [0.05, 0.1) is 5.69 Å². The Hall–Kier alpha value is -2.15. The van der Waals surface area contributed by atoms with Crippen LogP contribution in [0.1, 0.15) is 18.2 Å². The predicted octanol–water partition coefficient (Wildman–Crippen LogP) is 2.10. The maximum Gasteiger partial charge on any atom is 0.258 e. The Balaban J connectivity index is 2.20. The Labute approximate surface area is 136 Å². The first-order chi connectivity index (χ1) is 10.4. The van der Waals surface area contributed by atoms with Crippen LogP contribution >= 0.6 is 15.9 Å². The van der Waals surface area contributed by atoms with Crippen LogP contribution in [0, 0.1) is 6.92 Å². The Morgan fingerprint density at radius 1 is 1.36 bits per heavy atom. The standard InChI is InChI=1S/C15H17BrN4O2/c1-3-12-9(2)14(22)20(15(17)19-12)8-13(21)18-11-6-4-10(16)5-7-11/h4-7H,3,8H2,1-2H3,(H2,17,19)(H,18,21). The topological polar surface area (TPSA) is 90.0 Å². The summed E-state index contributed by atoms with van der Waals surface area (Å²) in [5, 5.41) is 2.72. The van der Waals surface area contributed by atoms with Crippen LogP contribution in [0.3, 0.4) is 0 Å². The minimum Gasteiger partial charge on any atom is -0.369 e. The highest BCUT2D eigenvalue weighted by Crippen LogP contribution is 2.14. The molecule has 0 saturated carbocycles. The fourth-order valence-electron chi connectivity index (χ4n) is 2.09. The van der Waals surface area contributed by atoms with Crippen molar-refractivity contribution >= 4 is 33.5 Å². The third-order valence-electron chi connectivity index (χ3n) is 3.29. The number of carbonyl (C=O) groups excluding carboxylic acids is 1. The zero-order valence-corrected chi connectivity index (χ0v) is 14.0. The van der Waals surface area contributed by atoms with Crippen molar-refractivity contribution < 1.29 is 4.79 Å². The smallest absolute Gasteiger partial charge is 0.258 e. The summed E-state index contributed by atoms with van der Waals surface area (Å²) < 4.78 is 2.10. The Morgan fingerprint density at radius 3 is 2.59 bits per heavy atom. The summed E-state index contributed by atoms with van der Waals surface area (Å²) >= 11 is 3.32. The monoisotopic (exact) mass is 364 g/mol. The van der Waals surface area contributed by atoms with Crippen molar-refractivity contribution in [3.8, 4) is 0 Å². The minimum absolute atomic E-state index is 0.0541. The van der Waals surface area contributed by atoms with E-state index in [0.717, 1.165) is 4.47 Å². The molecule has 0 radical (unpaired) electrons. The Morgan fingerprint density at radius 2 is 2.00 bits per heavy atom. The lowest BCUT2D eigenvalue weighted by molar-refractivity contribution is -0.116. The summed E-state index contributed by atoms with van der Waals surface area (Å²) in [4.78, 5) is 28.5. The molecule has 7 heteroatoms. The van der Waals surface area contributed by atoms with E-state index >= 15 is 0 Å². The predicted molar refractivity (Wildman–Crippen MR) is 89.8 cm³/mol. The number of aromatic nitrogens is 2. The second-order valence-corrected chi connectivity index (χ2v) is 5.76. The summed E-state index contributed by atoms with van der Waals surface area (Å²) in [5.41, 5.74) is 7.34. The quantitative estimate of drug-likeness (QED) is 0.868. The molecule has 0 saturated heterocycles. The van der Waals surface area contributed by atoms with E-state index < -0.39 is 0 Å². The van der Waals surface area contributed by atoms with Gasteiger partial charge in [-0.3, -0.25) is 14.2 Å². The van der Waals surface area contributed by atoms with E-state index in [4.69, 9.17) is 5.73 Å². The number of carbonyl (C=O) groups is 1. The molecule has 6 nitrogen and oxygen atoms in total. The fraction of sp³-hybridized carbons (Fsp3) is 0.267. The van der Waals surface area contributed by atoms with Gasteiger partial charge in [-0.2, -0.15) is 0 Å². The van der Waals surface area contributed by atoms with Crippen LogP contribution in [-0.4, -0.2) is 15.5 Å². The van der Waals surface area contributed by atoms with Crippen LogP contribution in [0.25, 0.3) is 0 Å². The van der Waals surface area contributed by atoms with Crippen molar-refractivity contribution in [3.05, 3.63) is 50.3 Å². The number of aryl methyl sites for hydroxylation is 1. The SMILES string of the molecule is CCc1nc(N)n(CC(=O)Nc2ccc(Br)cc2)c(=O)c1C. The van der Waals surface area contributed by atoms with Crippen LogP contribution in [0.15, 0.2) is 33.5 Å². The largest absolute Gasteiger partial charge is 0.369 e. The number of rotatable bonds is 4. The van der Waals surface area contributed by atoms with Crippen molar-refractivity contribution in [2.24, 2.45) is 0 Å². The third-order valence-corrected chi connectivity index (χ3v) is 3.82. The van der Waals surface area contributed by atoms with Gasteiger partial charge in [0.25, 0.3) is 5.56 Å². The van der Waals surface area contributed by atoms with Gasteiger partial charge in [-0.15, -0.1) is 0 Å². The zero-order valence-electron chi connectivity index (χ0n) is 12.4. The molecular weight excluding hydrogens is 348 g/mol. The molecule has 22 heavy (non-hydrogen) atoms. The molecule has 3 N–H and O–H groups in total. The molecule has 0 aliphatic carbocycles. The number of nitrogen functional groups attached to an aromatic ring is 1. The van der Waals surface area contributed by atoms with E-state index in [1.807, 2.05) is 19.1 Å². The van der Waals surface area contributed by atoms with Gasteiger partial charge in [0, 0.05) is 15.7 Å². The molecular formula is C15H17BrN4O2. The highest BCUT2D eigenvalue weighted by Gasteiger charge is 2.13. The van der Waals surface area contributed by atoms with E-state index in [-0.39, 0.29) is 24.0 Å². The van der Waals surface area contributed by atoms with E-state index in [0.29, 0.717) is 23.4 Å². The number of nitrogens with zero attached hydrogens (tertiary/aromatic N) is 2. The molecule has 0 unspecified atom stereocenters. The first kappa shape index (κ1) is 16.2. The maximum atomic E-state index is 12.3. The van der Waals surface area contributed by atoms with Crippen molar-refractivity contribution in [1.29, 1.82) is 0 Å². The molecule has 0 bridgehead atoms. The van der Waals surface area contributed by atoms with Crippen LogP contribution in [-0.2, 0) is 17.8 Å². The molecule has 2 aromatic rings. The molecule has 0 aliphatic rings. The van der Waals surface area contributed by atoms with Gasteiger partial charge in [-0.05, 0) is 37.6 Å². The van der Waals surface area contributed by atoms with Crippen molar-refractivity contribution in [2.75, 3.05) is 11.1 Å². The fourth-order valence-corrected chi connectivity index (χ4v) is 2.35. The van der Waals surface area contributed by atoms with Crippen LogP contribution in [0.4, 0.5) is 11.6 Å². The number of nitrogens with two attached hydrogens (primary N) is 1. The van der Waals surface area contributed by atoms with Gasteiger partial charge in [-0.1, -0.05) is 22.9 Å². The van der Waals surface area contributed by atoms with Gasteiger partial charge in [-0.25, -0.2) is 4.98 Å². The van der Waals surface area contributed by atoms with Gasteiger partial charge in [0.2, 0.25) is 11.9 Å². The minimum atomic E-state index is -0.332. The number of benzene rings is 1. The Bertz CT molecular complexity index is 753. The molecule has 2 rings (SSSR count). The van der Waals surface area contributed by atoms with Crippen molar-refractivity contribution in [1.82, 2.24) is 9.55 Å². The summed E-state index contributed by atoms with van der Waals surface area (Å²) in [5.74, 6) is -0.278. The van der Waals surface area contributed by atoms with Crippen molar-refractivity contribution in [2.45, 2.75) is 26.8 Å². The van der Waals surface area contributed by atoms with Gasteiger partial charge >= 0.3 is 0 Å². The lowest BCUT2D eigenvalue weighted by Gasteiger charge is -2.12. The summed E-state index contributed by atoms with van der Waals surface area (Å²) in [6, 6.07) is 7.16. The first-order valence-corrected chi connectivity index (χ1v) is 7.63. The number of halogens is 1. The number of nitrogens with one attached hydrogen (secondary N) is 1.